The van der Waals surface area contributed by atoms with Crippen LogP contribution in [0.1, 0.15) is 0 Å². The molecule has 0 aromatic heterocycles. The van der Waals surface area contributed by atoms with Crippen LogP contribution >= 0.6 is 11.6 Å². The van der Waals surface area contributed by atoms with Crippen molar-refractivity contribution in [1.29, 1.82) is 0 Å². The summed E-state index contributed by atoms with van der Waals surface area (Å²) in [5.74, 6) is -6.23. The van der Waals surface area contributed by atoms with Crippen molar-refractivity contribution in [3.63, 3.8) is 0 Å². The Labute approximate surface area is 63.1 Å². The first-order chi connectivity index (χ1) is 4.72. The molecule has 0 rings (SSSR count). The average molecular weight is 201 g/mol. The lowest BCUT2D eigenvalue weighted by molar-refractivity contribution is -0.237. The maximum atomic E-state index is 11.8. The van der Waals surface area contributed by atoms with E-state index in [9.17, 15) is 26.3 Å². The van der Waals surface area contributed by atoms with Gasteiger partial charge in [-0.1, -0.05) is 0 Å². The monoisotopic (exact) mass is 200 g/mol. The Kier molecular flexibility index (Phi) is 3.05. The van der Waals surface area contributed by atoms with Crippen LogP contribution in [0.3, 0.4) is 0 Å². The van der Waals surface area contributed by atoms with Crippen LogP contribution in [0.25, 0.3) is 0 Å². The SMILES string of the molecule is FC(C(F)(F)F)C(F)(F)CCl. The van der Waals surface area contributed by atoms with Gasteiger partial charge in [0.2, 0.25) is 0 Å². The predicted octanol–water partition coefficient (Wildman–Crippen LogP) is 2.76. The molecule has 1 unspecified atom stereocenters. The Hall–Kier alpha value is -0.130. The minimum Gasteiger partial charge on any atom is -0.231 e. The van der Waals surface area contributed by atoms with Crippen molar-refractivity contribution in [2.75, 3.05) is 5.88 Å². The van der Waals surface area contributed by atoms with Crippen molar-refractivity contribution in [3.8, 4) is 0 Å². The van der Waals surface area contributed by atoms with Crippen LogP contribution in [0, 0.1) is 0 Å². The van der Waals surface area contributed by atoms with E-state index in [0.717, 1.165) is 0 Å². The Morgan fingerprint density at radius 2 is 1.45 bits per heavy atom. The van der Waals surface area contributed by atoms with Gasteiger partial charge in [-0.2, -0.15) is 13.2 Å². The molecule has 0 bridgehead atoms. The van der Waals surface area contributed by atoms with Gasteiger partial charge in [0.15, 0.2) is 0 Å². The zero-order valence-electron chi connectivity index (χ0n) is 4.93. The molecule has 0 aliphatic rings. The minimum atomic E-state index is -5.56. The molecule has 1 atom stereocenters. The highest BCUT2D eigenvalue weighted by molar-refractivity contribution is 6.18. The van der Waals surface area contributed by atoms with Gasteiger partial charge in [-0.25, -0.2) is 13.2 Å². The van der Waals surface area contributed by atoms with E-state index in [1.165, 1.54) is 0 Å². The Balaban J connectivity index is 4.35. The molecular formula is C4H3ClF6. The molecule has 0 aliphatic heterocycles. The zero-order chi connectivity index (χ0) is 9.28. The first kappa shape index (κ1) is 10.9. The number of hydrogen-bond donors (Lipinski definition) is 0. The Bertz CT molecular complexity index is 129. The molecule has 0 fully saturated rings. The lowest BCUT2D eigenvalue weighted by Crippen LogP contribution is -2.42. The van der Waals surface area contributed by atoms with Crippen LogP contribution in [0.5, 0.6) is 0 Å². The molecule has 0 amide bonds. The predicted molar refractivity (Wildman–Crippen MR) is 26.6 cm³/mol. The van der Waals surface area contributed by atoms with Crippen LogP contribution < -0.4 is 0 Å². The highest BCUT2D eigenvalue weighted by Crippen LogP contribution is 2.35. The van der Waals surface area contributed by atoms with Gasteiger partial charge in [-0.15, -0.1) is 11.6 Å². The number of halogens is 7. The van der Waals surface area contributed by atoms with Gasteiger partial charge in [0, 0.05) is 0 Å². The fourth-order valence-corrected chi connectivity index (χ4v) is 0.443. The van der Waals surface area contributed by atoms with E-state index in [1.54, 1.807) is 0 Å². The average Bonchev–Trinajstić information content (AvgIpc) is 1.84. The van der Waals surface area contributed by atoms with Crippen LogP contribution in [-0.4, -0.2) is 24.2 Å². The molecular weight excluding hydrogens is 197 g/mol. The number of hydrogen-bond acceptors (Lipinski definition) is 0. The van der Waals surface area contributed by atoms with Crippen LogP contribution in [0.4, 0.5) is 26.3 Å². The Morgan fingerprint density at radius 1 is 1.09 bits per heavy atom. The van der Waals surface area contributed by atoms with E-state index in [4.69, 9.17) is 0 Å². The zero-order valence-corrected chi connectivity index (χ0v) is 5.69. The lowest BCUT2D eigenvalue weighted by Gasteiger charge is -2.19. The second kappa shape index (κ2) is 3.08. The first-order valence-electron chi connectivity index (χ1n) is 2.36. The van der Waals surface area contributed by atoms with Gasteiger partial charge in [-0.3, -0.25) is 0 Å². The van der Waals surface area contributed by atoms with Gasteiger partial charge in [0.25, 0.3) is 6.17 Å². The van der Waals surface area contributed by atoms with Gasteiger partial charge >= 0.3 is 12.1 Å². The highest BCUT2D eigenvalue weighted by Gasteiger charge is 2.56. The van der Waals surface area contributed by atoms with Gasteiger partial charge in [0.05, 0.1) is 5.88 Å². The summed E-state index contributed by atoms with van der Waals surface area (Å²) < 4.78 is 69.0. The van der Waals surface area contributed by atoms with E-state index < -0.39 is 24.2 Å². The maximum Gasteiger partial charge on any atom is 0.425 e. The van der Waals surface area contributed by atoms with Crippen molar-refractivity contribution < 1.29 is 26.3 Å². The summed E-state index contributed by atoms with van der Waals surface area (Å²) >= 11 is 4.40. The molecule has 7 heteroatoms. The Morgan fingerprint density at radius 3 is 1.55 bits per heavy atom. The van der Waals surface area contributed by atoms with Gasteiger partial charge < -0.3 is 0 Å². The van der Waals surface area contributed by atoms with Gasteiger partial charge in [0.1, 0.15) is 0 Å². The van der Waals surface area contributed by atoms with Crippen LogP contribution in [-0.2, 0) is 0 Å². The number of rotatable bonds is 2. The van der Waals surface area contributed by atoms with Crippen molar-refractivity contribution in [3.05, 3.63) is 0 Å². The molecule has 0 heterocycles. The molecule has 68 valence electrons. The second-order valence-electron chi connectivity index (χ2n) is 1.80. The van der Waals surface area contributed by atoms with Crippen LogP contribution in [0.15, 0.2) is 0 Å². The minimum absolute atomic E-state index is 1.69. The van der Waals surface area contributed by atoms with E-state index in [1.807, 2.05) is 0 Å². The van der Waals surface area contributed by atoms with Crippen molar-refractivity contribution in [1.82, 2.24) is 0 Å². The molecule has 0 aliphatic carbocycles. The molecule has 0 saturated heterocycles. The molecule has 0 N–H and O–H groups in total. The summed E-state index contributed by atoms with van der Waals surface area (Å²) in [6, 6.07) is 0. The second-order valence-corrected chi connectivity index (χ2v) is 2.07. The molecule has 11 heavy (non-hydrogen) atoms. The summed E-state index contributed by atoms with van der Waals surface area (Å²) in [6.45, 7) is 0. The topological polar surface area (TPSA) is 0 Å². The molecule has 0 aromatic carbocycles. The number of alkyl halides is 7. The first-order valence-corrected chi connectivity index (χ1v) is 2.90. The summed E-state index contributed by atoms with van der Waals surface area (Å²) in [6.07, 6.45) is -9.74. The van der Waals surface area contributed by atoms with E-state index >= 15 is 0 Å². The largest absolute Gasteiger partial charge is 0.425 e. The highest BCUT2D eigenvalue weighted by atomic mass is 35.5. The fraction of sp³-hybridized carbons (Fsp3) is 1.00. The summed E-state index contributed by atoms with van der Waals surface area (Å²) in [4.78, 5) is 0. The van der Waals surface area contributed by atoms with E-state index in [-0.39, 0.29) is 0 Å². The van der Waals surface area contributed by atoms with Crippen molar-refractivity contribution in [2.24, 2.45) is 0 Å². The summed E-state index contributed by atoms with van der Waals surface area (Å²) in [5, 5.41) is 0. The molecule has 0 aromatic rings. The van der Waals surface area contributed by atoms with Gasteiger partial charge in [-0.05, 0) is 0 Å². The fourth-order valence-electron chi connectivity index (χ4n) is 0.307. The summed E-state index contributed by atoms with van der Waals surface area (Å²) in [5.41, 5.74) is 0. The smallest absolute Gasteiger partial charge is 0.231 e. The molecule has 0 nitrogen and oxygen atoms in total. The van der Waals surface area contributed by atoms with E-state index in [0.29, 0.717) is 0 Å². The molecule has 0 radical (unpaired) electrons. The molecule has 0 saturated carbocycles. The standard InChI is InChI=1S/C4H3ClF6/c5-1-3(7,8)2(6)4(9,10)11/h2H,1H2. The van der Waals surface area contributed by atoms with Crippen molar-refractivity contribution >= 4 is 11.6 Å². The third-order valence-corrected chi connectivity index (χ3v) is 1.19. The molecule has 0 spiro atoms. The lowest BCUT2D eigenvalue weighted by atomic mass is 10.2. The third-order valence-electron chi connectivity index (χ3n) is 0.836. The van der Waals surface area contributed by atoms with E-state index in [2.05, 4.69) is 11.6 Å². The van der Waals surface area contributed by atoms with Crippen LogP contribution in [0.2, 0.25) is 0 Å². The summed E-state index contributed by atoms with van der Waals surface area (Å²) in [7, 11) is 0. The quantitative estimate of drug-likeness (QED) is 0.475. The van der Waals surface area contributed by atoms with Crippen molar-refractivity contribution in [2.45, 2.75) is 18.3 Å². The third kappa shape index (κ3) is 2.76. The maximum absolute atomic E-state index is 11.8. The normalized spacial score (nSPS) is 16.6.